The Bertz CT molecular complexity index is 1750. The molecule has 14 nitrogen and oxygen atoms in total. The highest BCUT2D eigenvalue weighted by molar-refractivity contribution is 5.77. The second-order valence-corrected chi connectivity index (χ2v) is 10.2. The van der Waals surface area contributed by atoms with E-state index in [2.05, 4.69) is 19.9 Å². The molecule has 0 saturated carbocycles. The lowest BCUT2D eigenvalue weighted by atomic mass is 10.1. The topological polar surface area (TPSA) is 144 Å². The zero-order valence-corrected chi connectivity index (χ0v) is 22.8. The minimum Gasteiger partial charge on any atom is -0.388 e. The van der Waals surface area contributed by atoms with Crippen LogP contribution in [0.2, 0.25) is 0 Å². The smallest absolute Gasteiger partial charge is 0.292 e. The Kier molecular flexibility index (Phi) is 7.32. The molecule has 4 heterocycles. The van der Waals surface area contributed by atoms with Gasteiger partial charge in [0.15, 0.2) is 0 Å². The van der Waals surface area contributed by atoms with E-state index in [0.29, 0.717) is 38.5 Å². The van der Waals surface area contributed by atoms with Crippen molar-refractivity contribution < 1.29 is 14.5 Å². The summed E-state index contributed by atoms with van der Waals surface area (Å²) in [5, 5.41) is 15.3. The van der Waals surface area contributed by atoms with Crippen LogP contribution in [0.25, 0.3) is 10.9 Å². The van der Waals surface area contributed by atoms with Gasteiger partial charge in [-0.3, -0.25) is 29.6 Å². The number of nitro benzene ring substituents is 1. The van der Waals surface area contributed by atoms with Crippen molar-refractivity contribution in [1.82, 2.24) is 24.6 Å². The van der Waals surface area contributed by atoms with Gasteiger partial charge in [-0.25, -0.2) is 9.78 Å². The molecule has 0 unspecified atom stereocenters. The number of aromatic nitrogens is 4. The number of rotatable bonds is 8. The van der Waals surface area contributed by atoms with Crippen molar-refractivity contribution in [3.8, 4) is 0 Å². The number of fused-ring (bicyclic) bond motifs is 1. The maximum absolute atomic E-state index is 13.2. The Morgan fingerprint density at radius 2 is 1.80 bits per heavy atom. The largest absolute Gasteiger partial charge is 0.388 e. The van der Waals surface area contributed by atoms with E-state index in [1.807, 2.05) is 17.0 Å². The summed E-state index contributed by atoms with van der Waals surface area (Å²) in [5.74, 6) is 0. The van der Waals surface area contributed by atoms with E-state index in [9.17, 15) is 19.7 Å². The molecule has 216 valence electrons. The van der Waals surface area contributed by atoms with Gasteiger partial charge in [-0.1, -0.05) is 0 Å². The number of pyridine rings is 1. The molecule has 2 fully saturated rings. The van der Waals surface area contributed by atoms with Gasteiger partial charge in [0.25, 0.3) is 5.69 Å². The molecule has 14 heteroatoms. The van der Waals surface area contributed by atoms with E-state index in [1.165, 1.54) is 18.3 Å². The summed E-state index contributed by atoms with van der Waals surface area (Å²) < 4.78 is 7.09. The molecule has 0 radical (unpaired) electrons. The van der Waals surface area contributed by atoms with Gasteiger partial charge in [-0.2, -0.15) is 0 Å². The van der Waals surface area contributed by atoms with Gasteiger partial charge in [-0.15, -0.1) is 0 Å². The van der Waals surface area contributed by atoms with Crippen molar-refractivity contribution in [3.63, 3.8) is 0 Å². The first-order chi connectivity index (χ1) is 20.0. The fourth-order valence-corrected chi connectivity index (χ4v) is 5.78. The molecule has 6 rings (SSSR count). The summed E-state index contributed by atoms with van der Waals surface area (Å²) in [6.45, 7) is 6.89. The lowest BCUT2D eigenvalue weighted by Crippen LogP contribution is -2.47. The highest BCUT2D eigenvalue weighted by Gasteiger charge is 2.25. The number of nitrogens with zero attached hydrogens (tertiary/aromatic N) is 7. The average molecular weight is 565 g/mol. The molecule has 0 amide bonds. The van der Waals surface area contributed by atoms with Crippen molar-refractivity contribution in [1.29, 1.82) is 0 Å². The second kappa shape index (κ2) is 11.2. The van der Waals surface area contributed by atoms with Gasteiger partial charge in [0.05, 0.1) is 23.5 Å². The van der Waals surface area contributed by atoms with E-state index >= 15 is 0 Å². The molecule has 1 N–H and O–H groups in total. The van der Waals surface area contributed by atoms with E-state index in [-0.39, 0.29) is 43.1 Å². The van der Waals surface area contributed by atoms with Crippen LogP contribution in [0.1, 0.15) is 6.42 Å². The fraction of sp³-hybridized carbons (Fsp3) is 0.444. The number of nitrogens with one attached hydrogen (secondary N) is 1. The normalized spacial score (nSPS) is 16.5. The zero-order chi connectivity index (χ0) is 28.5. The molecule has 0 spiro atoms. The molecule has 1 aromatic carbocycles. The van der Waals surface area contributed by atoms with E-state index in [4.69, 9.17) is 9.57 Å². The summed E-state index contributed by atoms with van der Waals surface area (Å²) >= 11 is 0. The number of H-pyrrole nitrogens is 1. The number of benzene rings is 1. The van der Waals surface area contributed by atoms with Gasteiger partial charge < -0.3 is 19.4 Å². The molecule has 0 bridgehead atoms. The van der Waals surface area contributed by atoms with E-state index < -0.39 is 0 Å². The highest BCUT2D eigenvalue weighted by atomic mass is 16.7. The first kappa shape index (κ1) is 26.8. The summed E-state index contributed by atoms with van der Waals surface area (Å²) in [6.07, 6.45) is 2.24. The monoisotopic (exact) mass is 564 g/mol. The number of ether oxygens (including phenoxy) is 1. The Hall–Kier alpha value is -4.43. The molecule has 41 heavy (non-hydrogen) atoms. The lowest BCUT2D eigenvalue weighted by molar-refractivity contribution is -0.384. The third kappa shape index (κ3) is 5.00. The lowest BCUT2D eigenvalue weighted by Gasteiger charge is -2.37. The Labute approximate surface area is 234 Å². The Balaban J connectivity index is 1.13. The maximum atomic E-state index is 13.2. The first-order valence-corrected chi connectivity index (χ1v) is 13.7. The third-order valence-corrected chi connectivity index (χ3v) is 7.89. The molecule has 1 aromatic heterocycles. The van der Waals surface area contributed by atoms with Gasteiger partial charge in [-0.05, 0) is 35.6 Å². The molecule has 2 saturated heterocycles. The van der Waals surface area contributed by atoms with Gasteiger partial charge in [0.1, 0.15) is 29.0 Å². The SMILES string of the molecule is COn1[nH]c2c(=O)c3cccnc3c(=O)c=2n1CCCN1CCN(c2ccc([N+](=O)[O-])c(N3CCOCC3)c2)CC1. The van der Waals surface area contributed by atoms with Crippen molar-refractivity contribution in [3.05, 3.63) is 77.8 Å². The van der Waals surface area contributed by atoms with Crippen molar-refractivity contribution in [2.75, 3.05) is 75.9 Å². The summed E-state index contributed by atoms with van der Waals surface area (Å²) in [4.78, 5) is 55.1. The molecule has 1 aliphatic carbocycles. The molecule has 2 aromatic rings. The predicted octanol–water partition coefficient (Wildman–Crippen LogP) is 0.627. The quantitative estimate of drug-likeness (QED) is 0.239. The molecular formula is C27H32N8O6. The zero-order valence-electron chi connectivity index (χ0n) is 22.8. The standard InChI is InChI=1S/C27H32N8O6/c1-40-35-29-24-25(27(37)23-20(26(24)36)4-2-7-28-23)33(35)9-3-8-30-10-12-31(13-11-30)19-5-6-21(34(38)39)22(18-19)32-14-16-41-17-15-32/h2,4-7,18,29H,3,8-17H2,1H3. The van der Waals surface area contributed by atoms with Crippen LogP contribution in [0, 0.1) is 20.8 Å². The van der Waals surface area contributed by atoms with Gasteiger partial charge >= 0.3 is 0 Å². The minimum absolute atomic E-state index is 0.117. The van der Waals surface area contributed by atoms with Crippen LogP contribution in [0.5, 0.6) is 0 Å². The molecule has 0 atom stereocenters. The Morgan fingerprint density at radius 1 is 1.02 bits per heavy atom. The van der Waals surface area contributed by atoms with Crippen molar-refractivity contribution in [2.45, 2.75) is 13.0 Å². The summed E-state index contributed by atoms with van der Waals surface area (Å²) in [6, 6.07) is 8.61. The van der Waals surface area contributed by atoms with Gasteiger partial charge in [0, 0.05) is 70.3 Å². The molecule has 4 aliphatic rings. The number of morpholine rings is 1. The van der Waals surface area contributed by atoms with Gasteiger partial charge in [0.2, 0.25) is 10.9 Å². The fourth-order valence-electron chi connectivity index (χ4n) is 5.78. The first-order valence-electron chi connectivity index (χ1n) is 13.7. The average Bonchev–Trinajstić information content (AvgIpc) is 3.39. The highest BCUT2D eigenvalue weighted by Crippen LogP contribution is 2.33. The van der Waals surface area contributed by atoms with E-state index in [0.717, 1.165) is 44.8 Å². The van der Waals surface area contributed by atoms with Crippen LogP contribution in [0.3, 0.4) is 0 Å². The maximum Gasteiger partial charge on any atom is 0.292 e. The van der Waals surface area contributed by atoms with Crippen LogP contribution in [0.4, 0.5) is 17.1 Å². The van der Waals surface area contributed by atoms with E-state index in [1.54, 1.807) is 22.9 Å². The summed E-state index contributed by atoms with van der Waals surface area (Å²) in [5.41, 5.74) is 1.29. The van der Waals surface area contributed by atoms with Crippen LogP contribution in [0.15, 0.2) is 46.1 Å². The third-order valence-electron chi connectivity index (χ3n) is 7.89. The number of piperazine rings is 1. The van der Waals surface area contributed by atoms with Crippen LogP contribution >= 0.6 is 0 Å². The summed E-state index contributed by atoms with van der Waals surface area (Å²) in [7, 11) is 1.47. The Morgan fingerprint density at radius 3 is 2.54 bits per heavy atom. The molecule has 3 aliphatic heterocycles. The number of anilines is 2. The van der Waals surface area contributed by atoms with Crippen LogP contribution < -0.4 is 25.5 Å². The predicted molar refractivity (Wildman–Crippen MR) is 152 cm³/mol. The number of hydrogen-bond donors (Lipinski definition) is 1. The molecular weight excluding hydrogens is 532 g/mol. The minimum atomic E-state index is -0.321. The van der Waals surface area contributed by atoms with Crippen molar-refractivity contribution in [2.24, 2.45) is 0 Å². The van der Waals surface area contributed by atoms with Crippen molar-refractivity contribution >= 4 is 28.0 Å². The van der Waals surface area contributed by atoms with Crippen LogP contribution in [-0.4, -0.2) is 95.7 Å². The number of aromatic amines is 1. The number of nitro groups is 1. The second-order valence-electron chi connectivity index (χ2n) is 10.2. The number of hydrogen-bond acceptors (Lipinski definition) is 10. The van der Waals surface area contributed by atoms with Crippen LogP contribution in [-0.2, 0) is 11.3 Å².